The van der Waals surface area contributed by atoms with Gasteiger partial charge in [-0.1, -0.05) is 24.3 Å². The van der Waals surface area contributed by atoms with Crippen LogP contribution in [0.4, 0.5) is 11.4 Å². The summed E-state index contributed by atoms with van der Waals surface area (Å²) in [5.74, 6) is -0.0734. The van der Waals surface area contributed by atoms with Crippen LogP contribution in [0.3, 0.4) is 0 Å². The molecule has 0 amide bonds. The van der Waals surface area contributed by atoms with Crippen LogP contribution in [0.2, 0.25) is 0 Å². The highest BCUT2D eigenvalue weighted by atomic mass is 32.2. The van der Waals surface area contributed by atoms with Crippen LogP contribution < -0.4 is 10.5 Å². The largest absolute Gasteiger partial charge is 0.399 e. The second-order valence-corrected chi connectivity index (χ2v) is 6.87. The standard InChI is InChI=1S/C14H16N2O2S2/c1-19-14-5-3-2-4-13(14)16-20(17,18)10-11-6-8-12(15)9-7-11/h2-9,16H,10,15H2,1H3. The molecule has 2 aromatic rings. The third-order valence-corrected chi connectivity index (χ3v) is 4.75. The van der Waals surface area contributed by atoms with Crippen LogP contribution in [0.25, 0.3) is 0 Å². The number of anilines is 2. The third kappa shape index (κ3) is 3.91. The van der Waals surface area contributed by atoms with Crippen LogP contribution in [0.1, 0.15) is 5.56 Å². The number of thioether (sulfide) groups is 1. The van der Waals surface area contributed by atoms with Gasteiger partial charge in [-0.2, -0.15) is 0 Å². The first-order valence-corrected chi connectivity index (χ1v) is 8.86. The summed E-state index contributed by atoms with van der Waals surface area (Å²) in [6.45, 7) is 0. The van der Waals surface area contributed by atoms with E-state index in [1.807, 2.05) is 18.4 Å². The molecule has 2 rings (SSSR count). The summed E-state index contributed by atoms with van der Waals surface area (Å²) in [6, 6.07) is 14.1. The number of nitrogens with one attached hydrogen (secondary N) is 1. The normalized spacial score (nSPS) is 11.2. The van der Waals surface area contributed by atoms with Gasteiger partial charge in [0.25, 0.3) is 0 Å². The van der Waals surface area contributed by atoms with E-state index in [9.17, 15) is 8.42 Å². The van der Waals surface area contributed by atoms with Crippen molar-refractivity contribution < 1.29 is 8.42 Å². The fourth-order valence-corrected chi connectivity index (χ4v) is 3.60. The molecular formula is C14H16N2O2S2. The topological polar surface area (TPSA) is 72.2 Å². The molecule has 0 spiro atoms. The molecule has 0 unspecified atom stereocenters. The number of hydrogen-bond acceptors (Lipinski definition) is 4. The first-order chi connectivity index (χ1) is 9.50. The molecular weight excluding hydrogens is 292 g/mol. The average Bonchev–Trinajstić information content (AvgIpc) is 2.41. The van der Waals surface area contributed by atoms with E-state index in [0.29, 0.717) is 16.9 Å². The Hall–Kier alpha value is -1.66. The van der Waals surface area contributed by atoms with Gasteiger partial charge in [-0.3, -0.25) is 4.72 Å². The van der Waals surface area contributed by atoms with E-state index in [2.05, 4.69) is 4.72 Å². The number of hydrogen-bond donors (Lipinski definition) is 2. The van der Waals surface area contributed by atoms with E-state index in [1.54, 1.807) is 36.4 Å². The summed E-state index contributed by atoms with van der Waals surface area (Å²) in [5.41, 5.74) is 7.51. The predicted molar refractivity (Wildman–Crippen MR) is 85.3 cm³/mol. The summed E-state index contributed by atoms with van der Waals surface area (Å²) in [6.07, 6.45) is 1.91. The molecule has 0 aromatic heterocycles. The fraction of sp³-hybridized carbons (Fsp3) is 0.143. The Morgan fingerprint density at radius 2 is 1.75 bits per heavy atom. The molecule has 106 valence electrons. The van der Waals surface area contributed by atoms with Crippen molar-refractivity contribution in [2.45, 2.75) is 10.6 Å². The van der Waals surface area contributed by atoms with E-state index in [1.165, 1.54) is 11.8 Å². The van der Waals surface area contributed by atoms with Gasteiger partial charge < -0.3 is 5.73 Å². The number of sulfonamides is 1. The molecule has 0 heterocycles. The molecule has 0 atom stereocenters. The third-order valence-electron chi connectivity index (χ3n) is 2.71. The zero-order valence-corrected chi connectivity index (χ0v) is 12.7. The van der Waals surface area contributed by atoms with Crippen molar-refractivity contribution in [3.63, 3.8) is 0 Å². The quantitative estimate of drug-likeness (QED) is 0.658. The number of para-hydroxylation sites is 1. The fourth-order valence-electron chi connectivity index (χ4n) is 1.77. The van der Waals surface area contributed by atoms with Gasteiger partial charge in [-0.05, 0) is 36.1 Å². The number of nitrogen functional groups attached to an aromatic ring is 1. The summed E-state index contributed by atoms with van der Waals surface area (Å²) in [7, 11) is -3.44. The maximum atomic E-state index is 12.2. The van der Waals surface area contributed by atoms with E-state index in [0.717, 1.165) is 4.90 Å². The van der Waals surface area contributed by atoms with Crippen LogP contribution in [0.5, 0.6) is 0 Å². The van der Waals surface area contributed by atoms with Crippen LogP contribution in [0.15, 0.2) is 53.4 Å². The molecule has 3 N–H and O–H groups in total. The molecule has 0 aliphatic carbocycles. The second-order valence-electron chi connectivity index (χ2n) is 4.30. The Labute approximate surface area is 123 Å². The van der Waals surface area contributed by atoms with Gasteiger partial charge >= 0.3 is 0 Å². The molecule has 20 heavy (non-hydrogen) atoms. The Balaban J connectivity index is 2.17. The highest BCUT2D eigenvalue weighted by Crippen LogP contribution is 2.26. The van der Waals surface area contributed by atoms with Crippen molar-refractivity contribution in [2.75, 3.05) is 16.7 Å². The van der Waals surface area contributed by atoms with Gasteiger partial charge in [0.2, 0.25) is 10.0 Å². The predicted octanol–water partition coefficient (Wildman–Crippen LogP) is 2.93. The van der Waals surface area contributed by atoms with Crippen molar-refractivity contribution >= 4 is 33.2 Å². The number of benzene rings is 2. The Kier molecular flexibility index (Phi) is 4.57. The molecule has 0 bridgehead atoms. The van der Waals surface area contributed by atoms with Gasteiger partial charge in [0.05, 0.1) is 11.4 Å². The van der Waals surface area contributed by atoms with Crippen molar-refractivity contribution in [3.8, 4) is 0 Å². The summed E-state index contributed by atoms with van der Waals surface area (Å²) in [5, 5.41) is 0. The monoisotopic (exact) mass is 308 g/mol. The Morgan fingerprint density at radius 3 is 2.40 bits per heavy atom. The van der Waals surface area contributed by atoms with Crippen LogP contribution in [-0.2, 0) is 15.8 Å². The Bertz CT molecular complexity index is 683. The van der Waals surface area contributed by atoms with Gasteiger partial charge in [-0.25, -0.2) is 8.42 Å². The molecule has 0 saturated carbocycles. The van der Waals surface area contributed by atoms with Gasteiger partial charge in [0.1, 0.15) is 0 Å². The van der Waals surface area contributed by atoms with Crippen molar-refractivity contribution in [1.82, 2.24) is 0 Å². The minimum Gasteiger partial charge on any atom is -0.399 e. The molecule has 6 heteroatoms. The molecule has 0 saturated heterocycles. The van der Waals surface area contributed by atoms with Crippen molar-refractivity contribution in [3.05, 3.63) is 54.1 Å². The highest BCUT2D eigenvalue weighted by molar-refractivity contribution is 7.99. The molecule has 4 nitrogen and oxygen atoms in total. The minimum absolute atomic E-state index is 0.0734. The molecule has 2 aromatic carbocycles. The van der Waals surface area contributed by atoms with Gasteiger partial charge in [0.15, 0.2) is 0 Å². The maximum absolute atomic E-state index is 12.2. The van der Waals surface area contributed by atoms with Gasteiger partial charge in [0, 0.05) is 10.6 Å². The number of nitrogens with two attached hydrogens (primary N) is 1. The van der Waals surface area contributed by atoms with Gasteiger partial charge in [-0.15, -0.1) is 11.8 Å². The summed E-state index contributed by atoms with van der Waals surface area (Å²) >= 11 is 1.50. The molecule has 0 aliphatic rings. The maximum Gasteiger partial charge on any atom is 0.236 e. The first-order valence-electron chi connectivity index (χ1n) is 5.98. The molecule has 0 radical (unpaired) electrons. The number of rotatable bonds is 5. The Morgan fingerprint density at radius 1 is 1.10 bits per heavy atom. The lowest BCUT2D eigenvalue weighted by Crippen LogP contribution is -2.15. The van der Waals surface area contributed by atoms with E-state index >= 15 is 0 Å². The lowest BCUT2D eigenvalue weighted by molar-refractivity contribution is 0.600. The SMILES string of the molecule is CSc1ccccc1NS(=O)(=O)Cc1ccc(N)cc1. The summed E-state index contributed by atoms with van der Waals surface area (Å²) in [4.78, 5) is 0.897. The smallest absolute Gasteiger partial charge is 0.236 e. The molecule has 0 fully saturated rings. The van der Waals surface area contributed by atoms with Crippen LogP contribution >= 0.6 is 11.8 Å². The lowest BCUT2D eigenvalue weighted by atomic mass is 10.2. The average molecular weight is 308 g/mol. The van der Waals surface area contributed by atoms with E-state index < -0.39 is 10.0 Å². The minimum atomic E-state index is -3.44. The highest BCUT2D eigenvalue weighted by Gasteiger charge is 2.13. The second kappa shape index (κ2) is 6.19. The van der Waals surface area contributed by atoms with Crippen LogP contribution in [-0.4, -0.2) is 14.7 Å². The zero-order chi connectivity index (χ0) is 14.6. The van der Waals surface area contributed by atoms with Crippen LogP contribution in [0, 0.1) is 0 Å². The van der Waals surface area contributed by atoms with E-state index in [4.69, 9.17) is 5.73 Å². The first kappa shape index (κ1) is 14.7. The summed E-state index contributed by atoms with van der Waals surface area (Å²) < 4.78 is 27.0. The van der Waals surface area contributed by atoms with Crippen molar-refractivity contribution in [2.24, 2.45) is 0 Å². The van der Waals surface area contributed by atoms with Crippen molar-refractivity contribution in [1.29, 1.82) is 0 Å². The lowest BCUT2D eigenvalue weighted by Gasteiger charge is -2.11. The van der Waals surface area contributed by atoms with E-state index in [-0.39, 0.29) is 5.75 Å². The molecule has 0 aliphatic heterocycles. The zero-order valence-electron chi connectivity index (χ0n) is 11.0.